The van der Waals surface area contributed by atoms with Gasteiger partial charge in [-0.15, -0.1) is 0 Å². The molecule has 2 rings (SSSR count). The Hall–Kier alpha value is -2.79. The predicted molar refractivity (Wildman–Crippen MR) is 79.0 cm³/mol. The molecule has 0 spiro atoms. The number of hydrogen-bond acceptors (Lipinski definition) is 2. The van der Waals surface area contributed by atoms with Crippen LogP contribution in [-0.4, -0.2) is 0 Å². The molecule has 0 aromatic heterocycles. The van der Waals surface area contributed by atoms with Crippen molar-refractivity contribution in [3.8, 4) is 17.2 Å². The first-order chi connectivity index (χ1) is 9.28. The summed E-state index contributed by atoms with van der Waals surface area (Å²) >= 11 is 0. The minimum Gasteiger partial charge on any atom is -0.404 e. The van der Waals surface area contributed by atoms with Gasteiger partial charge in [0, 0.05) is 6.20 Å². The fraction of sp³-hybridized carbons (Fsp3) is 0. The number of rotatable bonds is 3. The Morgan fingerprint density at radius 2 is 1.53 bits per heavy atom. The number of benzene rings is 2. The first-order valence-electron chi connectivity index (χ1n) is 5.94. The Kier molecular flexibility index (Phi) is 3.80. The number of nitriles is 1. The van der Waals surface area contributed by atoms with Crippen molar-refractivity contribution in [3.05, 3.63) is 78.5 Å². The number of allylic oxidation sites excluding steroid dienone is 2. The van der Waals surface area contributed by atoms with E-state index in [-0.39, 0.29) is 0 Å². The molecule has 0 radical (unpaired) electrons. The van der Waals surface area contributed by atoms with E-state index in [2.05, 4.69) is 12.6 Å². The van der Waals surface area contributed by atoms with E-state index in [4.69, 9.17) is 11.0 Å². The van der Waals surface area contributed by atoms with Gasteiger partial charge < -0.3 is 5.73 Å². The summed E-state index contributed by atoms with van der Waals surface area (Å²) in [6, 6.07) is 17.7. The van der Waals surface area contributed by atoms with Crippen LogP contribution in [0, 0.1) is 11.3 Å². The van der Waals surface area contributed by atoms with Gasteiger partial charge in [-0.25, -0.2) is 0 Å². The van der Waals surface area contributed by atoms with Gasteiger partial charge in [0.25, 0.3) is 0 Å². The monoisotopic (exact) mass is 246 g/mol. The van der Waals surface area contributed by atoms with Crippen molar-refractivity contribution in [1.82, 2.24) is 0 Å². The lowest BCUT2D eigenvalue weighted by Gasteiger charge is -2.05. The van der Waals surface area contributed by atoms with E-state index >= 15 is 0 Å². The van der Waals surface area contributed by atoms with Crippen LogP contribution < -0.4 is 5.73 Å². The van der Waals surface area contributed by atoms with Crippen molar-refractivity contribution < 1.29 is 0 Å². The molecule has 2 nitrogen and oxygen atoms in total. The van der Waals surface area contributed by atoms with Crippen LogP contribution in [-0.2, 0) is 0 Å². The summed E-state index contributed by atoms with van der Waals surface area (Å²) in [5.74, 6) is 0. The minimum atomic E-state index is 0.667. The highest BCUT2D eigenvalue weighted by Gasteiger charge is 2.00. The van der Waals surface area contributed by atoms with Crippen LogP contribution >= 0.6 is 0 Å². The molecule has 0 fully saturated rings. The van der Waals surface area contributed by atoms with Crippen molar-refractivity contribution in [1.29, 1.82) is 5.26 Å². The Morgan fingerprint density at radius 1 is 1.00 bits per heavy atom. The van der Waals surface area contributed by atoms with Gasteiger partial charge in [-0.1, -0.05) is 49.1 Å². The molecule has 2 aromatic rings. The number of hydrogen-bond donors (Lipinski definition) is 1. The first kappa shape index (κ1) is 12.7. The summed E-state index contributed by atoms with van der Waals surface area (Å²) in [6.45, 7) is 3.73. The van der Waals surface area contributed by atoms with Crippen molar-refractivity contribution in [2.24, 2.45) is 5.73 Å². The molecule has 0 heterocycles. The Morgan fingerprint density at radius 3 is 1.95 bits per heavy atom. The summed E-state index contributed by atoms with van der Waals surface area (Å²) in [5, 5.41) is 8.77. The highest BCUT2D eigenvalue weighted by Crippen LogP contribution is 2.23. The van der Waals surface area contributed by atoms with Crippen molar-refractivity contribution in [2.45, 2.75) is 0 Å². The zero-order valence-corrected chi connectivity index (χ0v) is 10.5. The number of nitrogens with zero attached hydrogens (tertiary/aromatic N) is 1. The molecule has 0 amide bonds. The zero-order chi connectivity index (χ0) is 13.7. The van der Waals surface area contributed by atoms with E-state index in [0.29, 0.717) is 5.56 Å². The highest BCUT2D eigenvalue weighted by atomic mass is 14.5. The summed E-state index contributed by atoms with van der Waals surface area (Å²) in [5.41, 5.74) is 10.3. The second kappa shape index (κ2) is 5.70. The van der Waals surface area contributed by atoms with E-state index in [1.807, 2.05) is 48.5 Å². The molecule has 92 valence electrons. The second-order valence-corrected chi connectivity index (χ2v) is 4.09. The van der Waals surface area contributed by atoms with Gasteiger partial charge in [0.05, 0.1) is 11.6 Å². The Bertz CT molecular complexity index is 641. The molecule has 0 aliphatic carbocycles. The molecular weight excluding hydrogens is 232 g/mol. The first-order valence-corrected chi connectivity index (χ1v) is 5.94. The molecule has 0 aliphatic rings. The fourth-order valence-electron chi connectivity index (χ4n) is 1.87. The summed E-state index contributed by atoms with van der Waals surface area (Å²) in [7, 11) is 0. The zero-order valence-electron chi connectivity index (χ0n) is 10.5. The molecule has 0 bridgehead atoms. The second-order valence-electron chi connectivity index (χ2n) is 4.09. The van der Waals surface area contributed by atoms with Gasteiger partial charge in [-0.2, -0.15) is 5.26 Å². The van der Waals surface area contributed by atoms with E-state index in [1.54, 1.807) is 12.3 Å². The van der Waals surface area contributed by atoms with E-state index in [1.165, 1.54) is 0 Å². The van der Waals surface area contributed by atoms with E-state index in [0.717, 1.165) is 22.3 Å². The average Bonchev–Trinajstić information content (AvgIpc) is 2.49. The molecule has 0 saturated carbocycles. The average molecular weight is 246 g/mol. The SMILES string of the molecule is C=C/C(=C\N)c1ccc(-c2ccc(C#N)cc2)cc1. The van der Waals surface area contributed by atoms with Gasteiger partial charge in [0.15, 0.2) is 0 Å². The Labute approximate surface area is 113 Å². The van der Waals surface area contributed by atoms with Crippen LogP contribution in [0.15, 0.2) is 67.4 Å². The normalized spacial score (nSPS) is 10.8. The maximum atomic E-state index is 8.77. The molecule has 0 saturated heterocycles. The van der Waals surface area contributed by atoms with Crippen molar-refractivity contribution >= 4 is 5.57 Å². The third-order valence-electron chi connectivity index (χ3n) is 2.97. The maximum Gasteiger partial charge on any atom is 0.0991 e. The van der Waals surface area contributed by atoms with Crippen LogP contribution in [0.5, 0.6) is 0 Å². The van der Waals surface area contributed by atoms with Gasteiger partial charge in [-0.3, -0.25) is 0 Å². The summed E-state index contributed by atoms with van der Waals surface area (Å²) < 4.78 is 0. The Balaban J connectivity index is 2.32. The topological polar surface area (TPSA) is 49.8 Å². The lowest BCUT2D eigenvalue weighted by Crippen LogP contribution is -1.87. The quantitative estimate of drug-likeness (QED) is 0.839. The summed E-state index contributed by atoms with van der Waals surface area (Å²) in [4.78, 5) is 0. The smallest absolute Gasteiger partial charge is 0.0991 e. The van der Waals surface area contributed by atoms with Crippen molar-refractivity contribution in [2.75, 3.05) is 0 Å². The fourth-order valence-corrected chi connectivity index (χ4v) is 1.87. The summed E-state index contributed by atoms with van der Waals surface area (Å²) in [6.07, 6.45) is 3.28. The van der Waals surface area contributed by atoms with Gasteiger partial charge in [-0.05, 0) is 34.4 Å². The third kappa shape index (κ3) is 2.72. The van der Waals surface area contributed by atoms with E-state index < -0.39 is 0 Å². The van der Waals surface area contributed by atoms with Gasteiger partial charge in [0.1, 0.15) is 0 Å². The van der Waals surface area contributed by atoms with Crippen LogP contribution in [0.1, 0.15) is 11.1 Å². The lowest BCUT2D eigenvalue weighted by atomic mass is 10.00. The molecule has 0 unspecified atom stereocenters. The van der Waals surface area contributed by atoms with Crippen LogP contribution in [0.2, 0.25) is 0 Å². The molecule has 0 atom stereocenters. The van der Waals surface area contributed by atoms with E-state index in [9.17, 15) is 0 Å². The molecule has 2 aromatic carbocycles. The third-order valence-corrected chi connectivity index (χ3v) is 2.97. The van der Waals surface area contributed by atoms with Crippen LogP contribution in [0.3, 0.4) is 0 Å². The highest BCUT2D eigenvalue weighted by molar-refractivity contribution is 5.75. The van der Waals surface area contributed by atoms with Crippen molar-refractivity contribution in [3.63, 3.8) is 0 Å². The van der Waals surface area contributed by atoms with Crippen LogP contribution in [0.4, 0.5) is 0 Å². The standard InChI is InChI=1S/C17H14N2/c1-2-14(12-19)15-7-9-17(10-8-15)16-5-3-13(11-18)4-6-16/h2-10,12H,1,19H2/b14-12+. The van der Waals surface area contributed by atoms with Crippen LogP contribution in [0.25, 0.3) is 16.7 Å². The molecule has 19 heavy (non-hydrogen) atoms. The van der Waals surface area contributed by atoms with Gasteiger partial charge in [0.2, 0.25) is 0 Å². The number of nitrogens with two attached hydrogens (primary N) is 1. The van der Waals surface area contributed by atoms with Gasteiger partial charge >= 0.3 is 0 Å². The lowest BCUT2D eigenvalue weighted by molar-refractivity contribution is 1.48. The molecular formula is C17H14N2. The molecule has 2 N–H and O–H groups in total. The largest absolute Gasteiger partial charge is 0.404 e. The predicted octanol–water partition coefficient (Wildman–Crippen LogP) is 3.71. The molecule has 2 heteroatoms. The minimum absolute atomic E-state index is 0.667. The maximum absolute atomic E-state index is 8.77. The molecule has 0 aliphatic heterocycles.